The Morgan fingerprint density at radius 1 is 1.07 bits per heavy atom. The number of rotatable bonds is 6. The normalized spacial score (nSPS) is 18.1. The first kappa shape index (κ1) is 20.2. The highest BCUT2D eigenvalue weighted by molar-refractivity contribution is 7.13. The van der Waals surface area contributed by atoms with Crippen LogP contribution in [0.3, 0.4) is 0 Å². The number of carbonyl (C=O) groups is 1. The number of para-hydroxylation sites is 1. The number of hydrogen-bond donors (Lipinski definition) is 0. The molecule has 0 atom stereocenters. The number of amides is 1. The Hall–Kier alpha value is -2.12. The van der Waals surface area contributed by atoms with Crippen molar-refractivity contribution in [3.8, 4) is 5.75 Å². The summed E-state index contributed by atoms with van der Waals surface area (Å²) in [6.07, 6.45) is 3.97. The van der Waals surface area contributed by atoms with Gasteiger partial charge in [-0.1, -0.05) is 24.6 Å². The molecule has 2 aliphatic heterocycles. The molecule has 1 amide bonds. The molecule has 3 heterocycles. The van der Waals surface area contributed by atoms with Crippen LogP contribution in [0.15, 0.2) is 29.6 Å². The SMILES string of the molecule is Cc1ccccc1OCC(=O)N1CCN(c2nc(CN3CCCCC3)cs2)CC1. The second-order valence-corrected chi connectivity index (χ2v) is 8.72. The van der Waals surface area contributed by atoms with Crippen LogP contribution in [0, 0.1) is 6.92 Å². The van der Waals surface area contributed by atoms with Crippen molar-refractivity contribution in [1.82, 2.24) is 14.8 Å². The molecule has 2 fully saturated rings. The molecular formula is C22H30N4O2S. The first-order valence-electron chi connectivity index (χ1n) is 10.6. The number of piperidine rings is 1. The van der Waals surface area contributed by atoms with E-state index in [0.29, 0.717) is 0 Å². The lowest BCUT2D eigenvalue weighted by atomic mass is 10.1. The molecule has 1 aromatic carbocycles. The van der Waals surface area contributed by atoms with Crippen LogP contribution in [0.2, 0.25) is 0 Å². The first-order chi connectivity index (χ1) is 14.2. The molecule has 0 saturated carbocycles. The van der Waals surface area contributed by atoms with Gasteiger partial charge in [-0.25, -0.2) is 4.98 Å². The van der Waals surface area contributed by atoms with E-state index in [1.807, 2.05) is 36.1 Å². The summed E-state index contributed by atoms with van der Waals surface area (Å²) in [5, 5.41) is 3.28. The van der Waals surface area contributed by atoms with Crippen molar-refractivity contribution in [3.05, 3.63) is 40.9 Å². The van der Waals surface area contributed by atoms with Crippen LogP contribution in [0.5, 0.6) is 5.75 Å². The highest BCUT2D eigenvalue weighted by atomic mass is 32.1. The molecule has 2 aliphatic rings. The summed E-state index contributed by atoms with van der Waals surface area (Å²) in [4.78, 5) is 24.1. The number of aromatic nitrogens is 1. The van der Waals surface area contributed by atoms with Gasteiger partial charge in [0.15, 0.2) is 11.7 Å². The Balaban J connectivity index is 1.24. The Kier molecular flexibility index (Phi) is 6.67. The van der Waals surface area contributed by atoms with Crippen LogP contribution < -0.4 is 9.64 Å². The van der Waals surface area contributed by atoms with Crippen LogP contribution in [-0.2, 0) is 11.3 Å². The van der Waals surface area contributed by atoms with Gasteiger partial charge in [-0.2, -0.15) is 0 Å². The quantitative estimate of drug-likeness (QED) is 0.727. The fraction of sp³-hybridized carbons (Fsp3) is 0.545. The molecule has 29 heavy (non-hydrogen) atoms. The minimum Gasteiger partial charge on any atom is -0.484 e. The molecular weight excluding hydrogens is 384 g/mol. The molecule has 0 spiro atoms. The zero-order valence-corrected chi connectivity index (χ0v) is 18.0. The summed E-state index contributed by atoms with van der Waals surface area (Å²) < 4.78 is 5.72. The van der Waals surface area contributed by atoms with Crippen molar-refractivity contribution in [2.75, 3.05) is 50.8 Å². The standard InChI is InChI=1S/C22H30N4O2S/c1-18-7-3-4-8-20(18)28-16-21(27)25-11-13-26(14-12-25)22-23-19(17-29-22)15-24-9-5-2-6-10-24/h3-4,7-8,17H,2,5-6,9-16H2,1H3. The monoisotopic (exact) mass is 414 g/mol. The molecule has 4 rings (SSSR count). The van der Waals surface area contributed by atoms with E-state index in [1.54, 1.807) is 11.3 Å². The van der Waals surface area contributed by atoms with Crippen molar-refractivity contribution < 1.29 is 9.53 Å². The summed E-state index contributed by atoms with van der Waals surface area (Å²) in [7, 11) is 0. The highest BCUT2D eigenvalue weighted by Gasteiger charge is 2.23. The van der Waals surface area contributed by atoms with E-state index in [4.69, 9.17) is 9.72 Å². The van der Waals surface area contributed by atoms with Gasteiger partial charge < -0.3 is 14.5 Å². The third kappa shape index (κ3) is 5.28. The molecule has 2 aromatic rings. The third-order valence-electron chi connectivity index (χ3n) is 5.72. The van der Waals surface area contributed by atoms with E-state index in [-0.39, 0.29) is 12.5 Å². The number of thiazole rings is 1. The number of hydrogen-bond acceptors (Lipinski definition) is 6. The number of aryl methyl sites for hydroxylation is 1. The maximum absolute atomic E-state index is 12.5. The maximum atomic E-state index is 12.5. The van der Waals surface area contributed by atoms with Gasteiger partial charge in [0.05, 0.1) is 5.69 Å². The van der Waals surface area contributed by atoms with Gasteiger partial charge in [0.2, 0.25) is 0 Å². The molecule has 0 bridgehead atoms. The van der Waals surface area contributed by atoms with Crippen molar-refractivity contribution in [1.29, 1.82) is 0 Å². The molecule has 7 heteroatoms. The highest BCUT2D eigenvalue weighted by Crippen LogP contribution is 2.24. The van der Waals surface area contributed by atoms with Gasteiger partial charge in [-0.05, 0) is 44.5 Å². The summed E-state index contributed by atoms with van der Waals surface area (Å²) in [5.74, 6) is 0.835. The lowest BCUT2D eigenvalue weighted by molar-refractivity contribution is -0.133. The molecule has 156 valence electrons. The van der Waals surface area contributed by atoms with Crippen LogP contribution in [0.1, 0.15) is 30.5 Å². The van der Waals surface area contributed by atoms with Crippen molar-refractivity contribution in [2.24, 2.45) is 0 Å². The minimum atomic E-state index is 0.0535. The topological polar surface area (TPSA) is 48.9 Å². The fourth-order valence-electron chi connectivity index (χ4n) is 3.96. The number of nitrogens with zero attached hydrogens (tertiary/aromatic N) is 4. The maximum Gasteiger partial charge on any atom is 0.260 e. The van der Waals surface area contributed by atoms with E-state index < -0.39 is 0 Å². The Morgan fingerprint density at radius 2 is 1.83 bits per heavy atom. The second kappa shape index (κ2) is 9.59. The van der Waals surface area contributed by atoms with E-state index in [0.717, 1.165) is 49.2 Å². The first-order valence-corrected chi connectivity index (χ1v) is 11.4. The Morgan fingerprint density at radius 3 is 2.59 bits per heavy atom. The van der Waals surface area contributed by atoms with Gasteiger partial charge >= 0.3 is 0 Å². The Labute approximate surface area is 177 Å². The predicted octanol–water partition coefficient (Wildman–Crippen LogP) is 3.17. The minimum absolute atomic E-state index is 0.0535. The smallest absolute Gasteiger partial charge is 0.260 e. The number of likely N-dealkylation sites (tertiary alicyclic amines) is 1. The molecule has 6 nitrogen and oxygen atoms in total. The predicted molar refractivity (Wildman–Crippen MR) is 117 cm³/mol. The van der Waals surface area contributed by atoms with Crippen LogP contribution in [0.25, 0.3) is 0 Å². The van der Waals surface area contributed by atoms with E-state index >= 15 is 0 Å². The number of piperazine rings is 1. The van der Waals surface area contributed by atoms with Gasteiger partial charge in [0, 0.05) is 38.1 Å². The second-order valence-electron chi connectivity index (χ2n) is 7.88. The van der Waals surface area contributed by atoms with Gasteiger partial charge in [0.1, 0.15) is 5.75 Å². The van der Waals surface area contributed by atoms with Gasteiger partial charge in [-0.15, -0.1) is 11.3 Å². The summed E-state index contributed by atoms with van der Waals surface area (Å²) >= 11 is 1.72. The van der Waals surface area contributed by atoms with Crippen molar-refractivity contribution >= 4 is 22.4 Å². The molecule has 0 radical (unpaired) electrons. The zero-order valence-electron chi connectivity index (χ0n) is 17.2. The van der Waals surface area contributed by atoms with Crippen LogP contribution in [-0.4, -0.2) is 66.6 Å². The zero-order chi connectivity index (χ0) is 20.1. The lowest BCUT2D eigenvalue weighted by Crippen LogP contribution is -2.50. The van der Waals surface area contributed by atoms with Gasteiger partial charge in [-0.3, -0.25) is 9.69 Å². The third-order valence-corrected chi connectivity index (χ3v) is 6.67. The number of benzene rings is 1. The van der Waals surface area contributed by atoms with Crippen molar-refractivity contribution in [2.45, 2.75) is 32.7 Å². The average molecular weight is 415 g/mol. The van der Waals surface area contributed by atoms with E-state index in [1.165, 1.54) is 38.0 Å². The van der Waals surface area contributed by atoms with E-state index in [2.05, 4.69) is 15.2 Å². The molecule has 0 aliphatic carbocycles. The average Bonchev–Trinajstić information content (AvgIpc) is 3.22. The van der Waals surface area contributed by atoms with Crippen molar-refractivity contribution in [3.63, 3.8) is 0 Å². The van der Waals surface area contributed by atoms with Crippen LogP contribution >= 0.6 is 11.3 Å². The summed E-state index contributed by atoms with van der Waals surface area (Å²) in [6.45, 7) is 8.53. The molecule has 0 N–H and O–H groups in total. The van der Waals surface area contributed by atoms with Gasteiger partial charge in [0.25, 0.3) is 5.91 Å². The van der Waals surface area contributed by atoms with Crippen LogP contribution in [0.4, 0.5) is 5.13 Å². The molecule has 0 unspecified atom stereocenters. The number of ether oxygens (including phenoxy) is 1. The summed E-state index contributed by atoms with van der Waals surface area (Å²) in [6, 6.07) is 7.80. The largest absolute Gasteiger partial charge is 0.484 e. The molecule has 1 aromatic heterocycles. The van der Waals surface area contributed by atoms with E-state index in [9.17, 15) is 4.79 Å². The lowest BCUT2D eigenvalue weighted by Gasteiger charge is -2.34. The number of anilines is 1. The Bertz CT molecular complexity index is 811. The fourth-order valence-corrected chi connectivity index (χ4v) is 4.83. The number of carbonyl (C=O) groups excluding carboxylic acids is 1. The summed E-state index contributed by atoms with van der Waals surface area (Å²) in [5.41, 5.74) is 2.23. The molecule has 2 saturated heterocycles.